The number of benzene rings is 2. The highest BCUT2D eigenvalue weighted by Gasteiger charge is 2.24. The van der Waals surface area contributed by atoms with Crippen molar-refractivity contribution in [2.45, 2.75) is 13.3 Å². The van der Waals surface area contributed by atoms with Crippen LogP contribution in [0.3, 0.4) is 0 Å². The molecule has 11 heteroatoms. The molecular formula is C27H22Cl2N4O4S. The minimum Gasteiger partial charge on any atom is -0.378 e. The minimum atomic E-state index is -0.750. The van der Waals surface area contributed by atoms with E-state index in [1.807, 2.05) is 37.3 Å². The molecule has 0 radical (unpaired) electrons. The van der Waals surface area contributed by atoms with Crippen molar-refractivity contribution in [2.24, 2.45) is 0 Å². The Morgan fingerprint density at radius 2 is 1.79 bits per heavy atom. The molecule has 1 amide bonds. The van der Waals surface area contributed by atoms with Gasteiger partial charge in [0.05, 0.1) is 29.3 Å². The fourth-order valence-electron chi connectivity index (χ4n) is 4.53. The van der Waals surface area contributed by atoms with Crippen molar-refractivity contribution in [3.8, 4) is 11.8 Å². The minimum absolute atomic E-state index is 0.126. The number of pyridine rings is 1. The molecule has 1 saturated heterocycles. The average molecular weight is 569 g/mol. The second-order valence-corrected chi connectivity index (χ2v) is 9.40. The van der Waals surface area contributed by atoms with Crippen LogP contribution in [0, 0.1) is 18.3 Å². The summed E-state index contributed by atoms with van der Waals surface area (Å²) < 4.78 is 24.0. The number of nitriles is 1. The number of nitrogens with zero attached hydrogens (tertiary/aromatic N) is 4. The largest absolute Gasteiger partial charge is 0.378 e. The lowest BCUT2D eigenvalue weighted by Gasteiger charge is -2.27. The summed E-state index contributed by atoms with van der Waals surface area (Å²) in [6.07, 6.45) is 0.396. The third-order valence-corrected chi connectivity index (χ3v) is 7.05. The van der Waals surface area contributed by atoms with E-state index < -0.39 is 11.6 Å². The van der Waals surface area contributed by atoms with Crippen LogP contribution in [0.15, 0.2) is 54.6 Å². The Balaban J connectivity index is 0.00000107. The van der Waals surface area contributed by atoms with Gasteiger partial charge in [-0.05, 0) is 48.9 Å². The Kier molecular flexibility index (Phi) is 8.92. The van der Waals surface area contributed by atoms with Gasteiger partial charge in [0.1, 0.15) is 11.8 Å². The Labute approximate surface area is 233 Å². The Hall–Kier alpha value is -3.55. The Morgan fingerprint density at radius 1 is 1.11 bits per heavy atom. The maximum Gasteiger partial charge on any atom is 0.335 e. The number of aryl methyl sites for hydroxylation is 1. The van der Waals surface area contributed by atoms with E-state index in [2.05, 4.69) is 21.7 Å². The summed E-state index contributed by atoms with van der Waals surface area (Å²) in [6.45, 7) is 3.98. The number of carbonyl (C=O) groups is 1. The van der Waals surface area contributed by atoms with Gasteiger partial charge in [0.25, 0.3) is 5.91 Å². The third-order valence-electron chi connectivity index (χ3n) is 6.27. The van der Waals surface area contributed by atoms with Gasteiger partial charge in [-0.1, -0.05) is 41.4 Å². The summed E-state index contributed by atoms with van der Waals surface area (Å²) in [5.41, 5.74) is 4.97. The maximum absolute atomic E-state index is 13.2. The normalized spacial score (nSPS) is 12.9. The first-order valence-corrected chi connectivity index (χ1v) is 13.0. The zero-order chi connectivity index (χ0) is 27.2. The zero-order valence-electron chi connectivity index (χ0n) is 20.3. The lowest BCUT2D eigenvalue weighted by atomic mass is 10.0. The highest BCUT2D eigenvalue weighted by molar-refractivity contribution is 7.51. The molecule has 0 spiro atoms. The van der Waals surface area contributed by atoms with Gasteiger partial charge in [-0.15, -0.1) is 0 Å². The molecule has 5 rings (SSSR count). The second kappa shape index (κ2) is 12.3. The van der Waals surface area contributed by atoms with Crippen LogP contribution in [0.2, 0.25) is 10.0 Å². The quantitative estimate of drug-likeness (QED) is 0.346. The van der Waals surface area contributed by atoms with Gasteiger partial charge in [0.15, 0.2) is 0 Å². The van der Waals surface area contributed by atoms with Crippen LogP contribution in [0.25, 0.3) is 16.6 Å². The summed E-state index contributed by atoms with van der Waals surface area (Å²) in [5.74, 6) is -0.126. The molecule has 38 heavy (non-hydrogen) atoms. The van der Waals surface area contributed by atoms with Crippen LogP contribution >= 0.6 is 23.2 Å². The van der Waals surface area contributed by atoms with E-state index in [0.717, 1.165) is 28.0 Å². The van der Waals surface area contributed by atoms with Crippen molar-refractivity contribution >= 4 is 51.6 Å². The monoisotopic (exact) mass is 568 g/mol. The first-order chi connectivity index (χ1) is 18.4. The molecule has 0 unspecified atom stereocenters. The summed E-state index contributed by atoms with van der Waals surface area (Å²) in [5, 5.41) is 11.3. The third kappa shape index (κ3) is 5.64. The number of fused-ring (bicyclic) bond motifs is 1. The van der Waals surface area contributed by atoms with E-state index in [1.54, 1.807) is 23.1 Å². The molecule has 0 N–H and O–H groups in total. The van der Waals surface area contributed by atoms with Crippen LogP contribution < -0.4 is 0 Å². The van der Waals surface area contributed by atoms with Crippen LogP contribution in [-0.2, 0) is 22.7 Å². The number of carbonyl (C=O) groups excluding carboxylic acids is 1. The van der Waals surface area contributed by atoms with E-state index in [0.29, 0.717) is 59.6 Å². The lowest BCUT2D eigenvalue weighted by Crippen LogP contribution is -2.40. The predicted octanol–water partition coefficient (Wildman–Crippen LogP) is 4.91. The molecule has 1 fully saturated rings. The highest BCUT2D eigenvalue weighted by atomic mass is 35.5. The first kappa shape index (κ1) is 27.5. The molecule has 3 heterocycles. The predicted molar refractivity (Wildman–Crippen MR) is 145 cm³/mol. The fraction of sp³-hybridized carbons (Fsp3) is 0.222. The van der Waals surface area contributed by atoms with Crippen LogP contribution in [0.1, 0.15) is 33.0 Å². The number of amides is 1. The number of aromatic nitrogens is 2. The van der Waals surface area contributed by atoms with Crippen molar-refractivity contribution in [1.29, 1.82) is 5.26 Å². The van der Waals surface area contributed by atoms with E-state index in [9.17, 15) is 10.1 Å². The average Bonchev–Trinajstić information content (AvgIpc) is 3.30. The number of hydrogen-bond acceptors (Lipinski definition) is 6. The maximum atomic E-state index is 13.2. The van der Waals surface area contributed by atoms with E-state index >= 15 is 0 Å². The molecule has 1 aliphatic rings. The molecule has 0 bridgehead atoms. The molecule has 2 aromatic heterocycles. The molecule has 2 aromatic carbocycles. The summed E-state index contributed by atoms with van der Waals surface area (Å²) in [4.78, 5) is 19.3. The van der Waals surface area contributed by atoms with Crippen molar-refractivity contribution in [1.82, 2.24) is 14.5 Å². The molecular weight excluding hydrogens is 547 g/mol. The van der Waals surface area contributed by atoms with Gasteiger partial charge in [-0.25, -0.2) is 4.98 Å². The van der Waals surface area contributed by atoms with Crippen molar-refractivity contribution in [3.05, 3.63) is 92.9 Å². The number of morpholine rings is 1. The van der Waals surface area contributed by atoms with E-state index in [-0.39, 0.29) is 5.91 Å². The van der Waals surface area contributed by atoms with Crippen LogP contribution in [-0.4, -0.2) is 55.1 Å². The number of para-hydroxylation sites is 1. The first-order valence-electron chi connectivity index (χ1n) is 11.6. The molecule has 0 saturated carbocycles. The van der Waals surface area contributed by atoms with Gasteiger partial charge >= 0.3 is 11.6 Å². The molecule has 1 aliphatic heterocycles. The van der Waals surface area contributed by atoms with Gasteiger partial charge in [-0.3, -0.25) is 4.79 Å². The Bertz CT molecular complexity index is 1570. The topological polar surface area (TPSA) is 105 Å². The van der Waals surface area contributed by atoms with Crippen molar-refractivity contribution in [2.75, 3.05) is 26.3 Å². The van der Waals surface area contributed by atoms with Gasteiger partial charge in [-0.2, -0.15) is 13.7 Å². The summed E-state index contributed by atoms with van der Waals surface area (Å²) in [7, 11) is 0. The van der Waals surface area contributed by atoms with Crippen LogP contribution in [0.5, 0.6) is 0 Å². The van der Waals surface area contributed by atoms with Gasteiger partial charge in [0, 0.05) is 47.0 Å². The number of halogens is 2. The van der Waals surface area contributed by atoms with Crippen molar-refractivity contribution < 1.29 is 17.9 Å². The molecule has 194 valence electrons. The summed E-state index contributed by atoms with van der Waals surface area (Å²) >= 11 is 12.7. The summed E-state index contributed by atoms with van der Waals surface area (Å²) in [6, 6.07) is 19.3. The second-order valence-electron chi connectivity index (χ2n) is 8.48. The van der Waals surface area contributed by atoms with E-state index in [1.165, 1.54) is 0 Å². The number of ether oxygens (including phenoxy) is 1. The zero-order valence-corrected chi connectivity index (χ0v) is 22.6. The molecule has 4 aromatic rings. The molecule has 0 aliphatic carbocycles. The standard InChI is InChI=1S/C27H22Cl2N4O2.O2S/c1-17-22-14-20(33(19-5-3-2-4-6-19)25(22)13-18(16-30)31-17)15-23-24(28)8-7-21(26(23)29)27(34)32-9-11-35-12-10-32;1-3-2/h2-8,13-14H,9-12,15H2,1H3;. The van der Waals surface area contributed by atoms with Crippen molar-refractivity contribution in [3.63, 3.8) is 0 Å². The molecule has 8 nitrogen and oxygen atoms in total. The lowest BCUT2D eigenvalue weighted by molar-refractivity contribution is 0.0303. The Morgan fingerprint density at radius 3 is 2.45 bits per heavy atom. The number of hydrogen-bond donors (Lipinski definition) is 0. The number of rotatable bonds is 4. The van der Waals surface area contributed by atoms with Gasteiger partial charge < -0.3 is 14.2 Å². The highest BCUT2D eigenvalue weighted by Crippen LogP contribution is 2.34. The fourth-order valence-corrected chi connectivity index (χ4v) is 5.11. The molecule has 0 atom stereocenters. The smallest absolute Gasteiger partial charge is 0.335 e. The van der Waals surface area contributed by atoms with Crippen LogP contribution in [0.4, 0.5) is 0 Å². The SMILES string of the molecule is Cc1nc(C#N)cc2c1cc(Cc1c(Cl)ccc(C(=O)N3CCOCC3)c1Cl)n2-c1ccccc1.O=S=O. The van der Waals surface area contributed by atoms with E-state index in [4.69, 9.17) is 36.4 Å². The van der Waals surface area contributed by atoms with Gasteiger partial charge in [0.2, 0.25) is 0 Å².